The molecule has 0 spiro atoms. The van der Waals surface area contributed by atoms with Crippen LogP contribution in [0, 0.1) is 17.8 Å². The van der Waals surface area contributed by atoms with Gasteiger partial charge in [0.05, 0.1) is 0 Å². The van der Waals surface area contributed by atoms with Crippen molar-refractivity contribution in [2.75, 3.05) is 13.7 Å². The van der Waals surface area contributed by atoms with E-state index in [1.807, 2.05) is 7.11 Å². The molecule has 0 saturated heterocycles. The molecule has 29 heavy (non-hydrogen) atoms. The largest absolute Gasteiger partial charge is 0.384 e. The molecular formula is C28H46O. The number of allylic oxidation sites excluding steroid dienone is 1. The third-order valence-electron chi connectivity index (χ3n) is 6.98. The van der Waals surface area contributed by atoms with Gasteiger partial charge in [0.2, 0.25) is 0 Å². The lowest BCUT2D eigenvalue weighted by atomic mass is 9.73. The van der Waals surface area contributed by atoms with Crippen molar-refractivity contribution in [1.82, 2.24) is 0 Å². The monoisotopic (exact) mass is 398 g/mol. The van der Waals surface area contributed by atoms with Crippen LogP contribution in [0.2, 0.25) is 0 Å². The summed E-state index contributed by atoms with van der Waals surface area (Å²) in [5, 5.41) is 0. The zero-order chi connectivity index (χ0) is 20.9. The Balaban J connectivity index is 1.67. The molecule has 1 nitrogen and oxygen atoms in total. The number of hydrogen-bond donors (Lipinski definition) is 0. The Labute approximate surface area is 181 Å². The molecule has 2 rings (SSSR count). The quantitative estimate of drug-likeness (QED) is 0.227. The van der Waals surface area contributed by atoms with Crippen molar-refractivity contribution in [2.24, 2.45) is 17.8 Å². The van der Waals surface area contributed by atoms with Gasteiger partial charge < -0.3 is 4.74 Å². The van der Waals surface area contributed by atoms with Crippen LogP contribution in [-0.2, 0) is 17.6 Å². The second kappa shape index (κ2) is 14.0. The van der Waals surface area contributed by atoms with Gasteiger partial charge in [0.1, 0.15) is 0 Å². The lowest BCUT2D eigenvalue weighted by Crippen LogP contribution is -2.25. The predicted molar refractivity (Wildman–Crippen MR) is 127 cm³/mol. The fourth-order valence-electron chi connectivity index (χ4n) is 5.15. The van der Waals surface area contributed by atoms with Crippen LogP contribution in [0.25, 0.3) is 0 Å². The molecule has 1 unspecified atom stereocenters. The van der Waals surface area contributed by atoms with Gasteiger partial charge in [-0.3, -0.25) is 0 Å². The van der Waals surface area contributed by atoms with E-state index >= 15 is 0 Å². The van der Waals surface area contributed by atoms with E-state index in [4.69, 9.17) is 4.74 Å². The number of benzene rings is 1. The van der Waals surface area contributed by atoms with Crippen LogP contribution in [0.1, 0.15) is 95.6 Å². The van der Waals surface area contributed by atoms with Crippen molar-refractivity contribution in [3.8, 4) is 0 Å². The maximum absolute atomic E-state index is 5.50. The Hall–Kier alpha value is -1.08. The normalized spacial score (nSPS) is 20.5. The number of aryl methyl sites for hydroxylation is 2. The van der Waals surface area contributed by atoms with Gasteiger partial charge in [-0.15, -0.1) is 6.58 Å². The van der Waals surface area contributed by atoms with Crippen molar-refractivity contribution in [3.05, 3.63) is 47.5 Å². The smallest absolute Gasteiger partial charge is 0.0496 e. The van der Waals surface area contributed by atoms with E-state index in [1.54, 1.807) is 0 Å². The average molecular weight is 399 g/mol. The van der Waals surface area contributed by atoms with E-state index in [1.165, 1.54) is 93.7 Å². The minimum atomic E-state index is 0.674. The third-order valence-corrected chi connectivity index (χ3v) is 6.98. The Bertz CT molecular complexity index is 550. The molecule has 0 amide bonds. The highest BCUT2D eigenvalue weighted by Gasteiger charge is 2.27. The maximum Gasteiger partial charge on any atom is 0.0496 e. The van der Waals surface area contributed by atoms with Crippen LogP contribution in [0.15, 0.2) is 36.4 Å². The average Bonchev–Trinajstić information content (AvgIpc) is 2.73. The fraction of sp³-hybridized carbons (Fsp3) is 0.714. The number of methoxy groups -OCH3 is 1. The highest BCUT2D eigenvalue weighted by Crippen LogP contribution is 2.37. The Morgan fingerprint density at radius 3 is 2.17 bits per heavy atom. The highest BCUT2D eigenvalue weighted by atomic mass is 16.5. The SMILES string of the molecule is C=C(C)CC(COC)C1CCC(CCc2ccc(CCCCCCC)cc2)CC1. The van der Waals surface area contributed by atoms with E-state index in [0.29, 0.717) is 5.92 Å². The number of ether oxygens (including phenoxy) is 1. The number of unbranched alkanes of at least 4 members (excludes halogenated alkanes) is 4. The van der Waals surface area contributed by atoms with Gasteiger partial charge in [-0.1, -0.05) is 75.3 Å². The zero-order valence-electron chi connectivity index (χ0n) is 19.6. The van der Waals surface area contributed by atoms with Gasteiger partial charge in [0.25, 0.3) is 0 Å². The molecule has 1 fully saturated rings. The Kier molecular flexibility index (Phi) is 11.7. The molecule has 0 bridgehead atoms. The van der Waals surface area contributed by atoms with Gasteiger partial charge in [-0.2, -0.15) is 0 Å². The first-order valence-corrected chi connectivity index (χ1v) is 12.3. The molecule has 0 heterocycles. The van der Waals surface area contributed by atoms with Crippen LogP contribution < -0.4 is 0 Å². The molecule has 1 aromatic rings. The summed E-state index contributed by atoms with van der Waals surface area (Å²) in [7, 11) is 1.84. The summed E-state index contributed by atoms with van der Waals surface area (Å²) in [5.74, 6) is 2.42. The van der Waals surface area contributed by atoms with Crippen molar-refractivity contribution in [2.45, 2.75) is 97.3 Å². The van der Waals surface area contributed by atoms with Crippen LogP contribution >= 0.6 is 0 Å². The summed E-state index contributed by atoms with van der Waals surface area (Å²) in [6.45, 7) is 9.47. The third kappa shape index (κ3) is 9.51. The zero-order valence-corrected chi connectivity index (χ0v) is 19.6. The van der Waals surface area contributed by atoms with Crippen LogP contribution in [-0.4, -0.2) is 13.7 Å². The summed E-state index contributed by atoms with van der Waals surface area (Å²) in [4.78, 5) is 0. The molecular weight excluding hydrogens is 352 g/mol. The van der Waals surface area contributed by atoms with Gasteiger partial charge in [0.15, 0.2) is 0 Å². The maximum atomic E-state index is 5.50. The summed E-state index contributed by atoms with van der Waals surface area (Å²) in [5.41, 5.74) is 4.35. The number of hydrogen-bond acceptors (Lipinski definition) is 1. The molecule has 1 heteroatoms. The van der Waals surface area contributed by atoms with Crippen molar-refractivity contribution >= 4 is 0 Å². The second-order valence-corrected chi connectivity index (χ2v) is 9.68. The van der Waals surface area contributed by atoms with Crippen LogP contribution in [0.3, 0.4) is 0 Å². The minimum absolute atomic E-state index is 0.674. The Morgan fingerprint density at radius 2 is 1.59 bits per heavy atom. The molecule has 1 atom stereocenters. The molecule has 164 valence electrons. The Morgan fingerprint density at radius 1 is 0.966 bits per heavy atom. The second-order valence-electron chi connectivity index (χ2n) is 9.68. The van der Waals surface area contributed by atoms with E-state index in [2.05, 4.69) is 44.7 Å². The van der Waals surface area contributed by atoms with Crippen molar-refractivity contribution < 1.29 is 4.74 Å². The first-order chi connectivity index (χ1) is 14.1. The summed E-state index contributed by atoms with van der Waals surface area (Å²) in [6.07, 6.45) is 17.4. The standard InChI is InChI=1S/C28H46O/c1-5-6-7-8-9-10-24-11-13-25(14-12-24)15-16-26-17-19-27(20-18-26)28(22-29-4)21-23(2)3/h11-14,26-28H,2,5-10,15-22H2,1,3-4H3. The molecule has 0 N–H and O–H groups in total. The molecule has 1 aliphatic rings. The van der Waals surface area contributed by atoms with Gasteiger partial charge in [-0.05, 0) is 80.8 Å². The van der Waals surface area contributed by atoms with E-state index < -0.39 is 0 Å². The molecule has 1 aromatic carbocycles. The van der Waals surface area contributed by atoms with Crippen molar-refractivity contribution in [3.63, 3.8) is 0 Å². The first kappa shape index (κ1) is 24.2. The first-order valence-electron chi connectivity index (χ1n) is 12.3. The lowest BCUT2D eigenvalue weighted by Gasteiger charge is -2.34. The van der Waals surface area contributed by atoms with Crippen LogP contribution in [0.5, 0.6) is 0 Å². The summed E-state index contributed by atoms with van der Waals surface area (Å²) < 4.78 is 5.50. The lowest BCUT2D eigenvalue weighted by molar-refractivity contribution is 0.0942. The van der Waals surface area contributed by atoms with E-state index in [0.717, 1.165) is 24.9 Å². The van der Waals surface area contributed by atoms with Gasteiger partial charge >= 0.3 is 0 Å². The summed E-state index contributed by atoms with van der Waals surface area (Å²) in [6, 6.07) is 9.51. The molecule has 0 aromatic heterocycles. The molecule has 1 aliphatic carbocycles. The topological polar surface area (TPSA) is 9.23 Å². The molecule has 1 saturated carbocycles. The number of rotatable bonds is 14. The fourth-order valence-corrected chi connectivity index (χ4v) is 5.15. The van der Waals surface area contributed by atoms with Crippen molar-refractivity contribution in [1.29, 1.82) is 0 Å². The highest BCUT2D eigenvalue weighted by molar-refractivity contribution is 5.22. The van der Waals surface area contributed by atoms with Crippen LogP contribution in [0.4, 0.5) is 0 Å². The molecule has 0 aliphatic heterocycles. The van der Waals surface area contributed by atoms with E-state index in [9.17, 15) is 0 Å². The predicted octanol–water partition coefficient (Wildman–Crippen LogP) is 8.17. The van der Waals surface area contributed by atoms with E-state index in [-0.39, 0.29) is 0 Å². The minimum Gasteiger partial charge on any atom is -0.384 e. The van der Waals surface area contributed by atoms with Gasteiger partial charge in [-0.25, -0.2) is 0 Å². The summed E-state index contributed by atoms with van der Waals surface area (Å²) >= 11 is 0. The molecule has 0 radical (unpaired) electrons. The van der Waals surface area contributed by atoms with Gasteiger partial charge in [0, 0.05) is 13.7 Å².